The van der Waals surface area contributed by atoms with Crippen LogP contribution in [0.5, 0.6) is 0 Å². The monoisotopic (exact) mass is 378 g/mol. The average molecular weight is 379 g/mol. The Morgan fingerprint density at radius 2 is 2.12 bits per heavy atom. The molecule has 0 aliphatic carbocycles. The summed E-state index contributed by atoms with van der Waals surface area (Å²) in [4.78, 5) is 1.92. The number of thiocarbonyl (C=S) groups is 1. The maximum atomic E-state index is 11.9. The van der Waals surface area contributed by atoms with Crippen LogP contribution in [0.3, 0.4) is 0 Å². The van der Waals surface area contributed by atoms with E-state index in [1.807, 2.05) is 42.2 Å². The molecule has 1 saturated heterocycles. The molecule has 2 aromatic rings. The van der Waals surface area contributed by atoms with Gasteiger partial charge < -0.3 is 14.6 Å². The summed E-state index contributed by atoms with van der Waals surface area (Å²) >= 11 is 5.60. The molecule has 1 aliphatic rings. The lowest BCUT2D eigenvalue weighted by Gasteiger charge is -2.30. The van der Waals surface area contributed by atoms with Gasteiger partial charge in [0.05, 0.1) is 24.3 Å². The van der Waals surface area contributed by atoms with Gasteiger partial charge >= 0.3 is 0 Å². The van der Waals surface area contributed by atoms with E-state index >= 15 is 0 Å². The first-order valence-corrected chi connectivity index (χ1v) is 10.4. The highest BCUT2D eigenvalue weighted by atomic mass is 32.2. The number of aryl methyl sites for hydroxylation is 2. The van der Waals surface area contributed by atoms with E-state index in [1.54, 1.807) is 6.26 Å². The normalized spacial score (nSPS) is 18.9. The Labute approximate surface area is 153 Å². The van der Waals surface area contributed by atoms with E-state index in [0.29, 0.717) is 18.1 Å². The maximum absolute atomic E-state index is 11.9. The van der Waals surface area contributed by atoms with Gasteiger partial charge in [0.25, 0.3) is 0 Å². The van der Waals surface area contributed by atoms with Crippen LogP contribution in [0.4, 0.5) is 5.69 Å². The predicted molar refractivity (Wildman–Crippen MR) is 103 cm³/mol. The Hall–Kier alpha value is -1.86. The summed E-state index contributed by atoms with van der Waals surface area (Å²) in [5, 5.41) is 3.76. The number of nitrogens with one attached hydrogen (secondary N) is 1. The van der Waals surface area contributed by atoms with Gasteiger partial charge in [-0.2, -0.15) is 0 Å². The molecule has 134 valence electrons. The maximum Gasteiger partial charge on any atom is 0.174 e. The first-order valence-electron chi connectivity index (χ1n) is 8.22. The molecular weight excluding hydrogens is 356 g/mol. The first-order chi connectivity index (χ1) is 11.8. The van der Waals surface area contributed by atoms with Crippen LogP contribution in [0.2, 0.25) is 0 Å². The average Bonchev–Trinajstić information content (AvgIpc) is 3.17. The van der Waals surface area contributed by atoms with Crippen molar-refractivity contribution in [3.8, 4) is 0 Å². The molecule has 0 unspecified atom stereocenters. The van der Waals surface area contributed by atoms with Gasteiger partial charge in [0.1, 0.15) is 5.76 Å². The Morgan fingerprint density at radius 1 is 1.32 bits per heavy atom. The van der Waals surface area contributed by atoms with Gasteiger partial charge in [0.2, 0.25) is 0 Å². The number of anilines is 1. The minimum atomic E-state index is -3.00. The van der Waals surface area contributed by atoms with Gasteiger partial charge in [-0.05, 0) is 67.9 Å². The third-order valence-electron chi connectivity index (χ3n) is 4.57. The summed E-state index contributed by atoms with van der Waals surface area (Å²) in [6.07, 6.45) is 2.19. The number of nitrogens with zero attached hydrogens (tertiary/aromatic N) is 1. The van der Waals surface area contributed by atoms with Crippen molar-refractivity contribution in [3.05, 3.63) is 53.5 Å². The zero-order valence-electron chi connectivity index (χ0n) is 14.4. The molecule has 0 radical (unpaired) electrons. The zero-order valence-corrected chi connectivity index (χ0v) is 16.0. The van der Waals surface area contributed by atoms with Crippen LogP contribution < -0.4 is 5.32 Å². The molecule has 1 atom stereocenters. The van der Waals surface area contributed by atoms with Crippen LogP contribution >= 0.6 is 12.2 Å². The van der Waals surface area contributed by atoms with Crippen LogP contribution in [-0.4, -0.2) is 36.0 Å². The van der Waals surface area contributed by atoms with Crippen LogP contribution in [0.15, 0.2) is 41.0 Å². The van der Waals surface area contributed by atoms with Crippen molar-refractivity contribution in [3.63, 3.8) is 0 Å². The molecule has 1 aliphatic heterocycles. The molecule has 1 fully saturated rings. The van der Waals surface area contributed by atoms with Crippen molar-refractivity contribution in [2.24, 2.45) is 0 Å². The van der Waals surface area contributed by atoms with Gasteiger partial charge in [0, 0.05) is 11.7 Å². The lowest BCUT2D eigenvalue weighted by Crippen LogP contribution is -2.42. The van der Waals surface area contributed by atoms with Crippen LogP contribution in [-0.2, 0) is 16.4 Å². The van der Waals surface area contributed by atoms with Gasteiger partial charge in [-0.15, -0.1) is 0 Å². The Kier molecular flexibility index (Phi) is 5.15. The lowest BCUT2D eigenvalue weighted by molar-refractivity contribution is 0.302. The third-order valence-corrected chi connectivity index (χ3v) is 6.66. The summed E-state index contributed by atoms with van der Waals surface area (Å²) in [7, 11) is -3.00. The van der Waals surface area contributed by atoms with E-state index in [2.05, 4.69) is 12.2 Å². The van der Waals surface area contributed by atoms with E-state index in [4.69, 9.17) is 16.6 Å². The zero-order chi connectivity index (χ0) is 18.0. The van der Waals surface area contributed by atoms with Crippen molar-refractivity contribution in [2.45, 2.75) is 32.9 Å². The molecule has 0 amide bonds. The van der Waals surface area contributed by atoms with E-state index in [0.717, 1.165) is 11.4 Å². The molecule has 1 aromatic carbocycles. The highest BCUT2D eigenvalue weighted by Gasteiger charge is 2.34. The molecule has 0 saturated carbocycles. The van der Waals surface area contributed by atoms with Crippen molar-refractivity contribution >= 4 is 32.9 Å². The van der Waals surface area contributed by atoms with E-state index in [-0.39, 0.29) is 17.5 Å². The fraction of sp³-hybridized carbons (Fsp3) is 0.389. The van der Waals surface area contributed by atoms with Crippen molar-refractivity contribution in [1.82, 2.24) is 4.90 Å². The SMILES string of the molecule is Cc1ccc(NC(=S)N(Cc2ccco2)[C@@H]2CCS(=O)(=O)C2)cc1C. The highest BCUT2D eigenvalue weighted by Crippen LogP contribution is 2.22. The largest absolute Gasteiger partial charge is 0.467 e. The minimum Gasteiger partial charge on any atom is -0.467 e. The Morgan fingerprint density at radius 3 is 2.72 bits per heavy atom. The molecule has 5 nitrogen and oxygen atoms in total. The quantitative estimate of drug-likeness (QED) is 0.824. The molecule has 1 N–H and O–H groups in total. The standard InChI is InChI=1S/C18H22N2O3S2/c1-13-5-6-15(10-14(13)2)19-18(24)20(11-17-4-3-8-23-17)16-7-9-25(21,22)12-16/h3-6,8,10,16H,7,9,11-12H2,1-2H3,(H,19,24)/t16-/m1/s1. The lowest BCUT2D eigenvalue weighted by atomic mass is 10.1. The van der Waals surface area contributed by atoms with E-state index in [9.17, 15) is 8.42 Å². The molecule has 0 bridgehead atoms. The topological polar surface area (TPSA) is 62.6 Å². The molecule has 3 rings (SSSR count). The number of rotatable bonds is 4. The van der Waals surface area contributed by atoms with Gasteiger partial charge in [-0.3, -0.25) is 0 Å². The minimum absolute atomic E-state index is 0.127. The second-order valence-corrected chi connectivity index (χ2v) is 9.11. The molecule has 25 heavy (non-hydrogen) atoms. The summed E-state index contributed by atoms with van der Waals surface area (Å²) < 4.78 is 29.2. The highest BCUT2D eigenvalue weighted by molar-refractivity contribution is 7.91. The summed E-state index contributed by atoms with van der Waals surface area (Å²) in [6.45, 7) is 4.56. The van der Waals surface area contributed by atoms with Crippen LogP contribution in [0, 0.1) is 13.8 Å². The number of furan rings is 1. The van der Waals surface area contributed by atoms with Crippen molar-refractivity contribution in [1.29, 1.82) is 0 Å². The second kappa shape index (κ2) is 7.17. The summed E-state index contributed by atoms with van der Waals surface area (Å²) in [6, 6.07) is 9.61. The number of sulfone groups is 1. The molecule has 7 heteroatoms. The van der Waals surface area contributed by atoms with Gasteiger partial charge in [-0.25, -0.2) is 8.42 Å². The Balaban J connectivity index is 1.80. The smallest absolute Gasteiger partial charge is 0.174 e. The number of hydrogen-bond acceptors (Lipinski definition) is 4. The summed E-state index contributed by atoms with van der Waals surface area (Å²) in [5.74, 6) is 1.09. The molecular formula is C18H22N2O3S2. The molecule has 1 aromatic heterocycles. The van der Waals surface area contributed by atoms with E-state index in [1.165, 1.54) is 11.1 Å². The molecule has 2 heterocycles. The summed E-state index contributed by atoms with van der Waals surface area (Å²) in [5.41, 5.74) is 3.29. The van der Waals surface area contributed by atoms with Crippen LogP contribution in [0.25, 0.3) is 0 Å². The van der Waals surface area contributed by atoms with Gasteiger partial charge in [0.15, 0.2) is 14.9 Å². The molecule has 0 spiro atoms. The Bertz CT molecular complexity index is 860. The van der Waals surface area contributed by atoms with Crippen molar-refractivity contribution < 1.29 is 12.8 Å². The fourth-order valence-corrected chi connectivity index (χ4v) is 5.03. The van der Waals surface area contributed by atoms with Crippen molar-refractivity contribution in [2.75, 3.05) is 16.8 Å². The van der Waals surface area contributed by atoms with Crippen LogP contribution in [0.1, 0.15) is 23.3 Å². The first kappa shape index (κ1) is 17.9. The number of benzene rings is 1. The number of hydrogen-bond donors (Lipinski definition) is 1. The third kappa shape index (κ3) is 4.41. The fourth-order valence-electron chi connectivity index (χ4n) is 2.97. The predicted octanol–water partition coefficient (Wildman–Crippen LogP) is 3.28. The van der Waals surface area contributed by atoms with Gasteiger partial charge in [-0.1, -0.05) is 6.07 Å². The second-order valence-electron chi connectivity index (χ2n) is 6.49. The van der Waals surface area contributed by atoms with E-state index < -0.39 is 9.84 Å².